The summed E-state index contributed by atoms with van der Waals surface area (Å²) in [6.45, 7) is 4.98. The summed E-state index contributed by atoms with van der Waals surface area (Å²) in [6.07, 6.45) is 0.703. The van der Waals surface area contributed by atoms with Crippen LogP contribution in [0.25, 0.3) is 0 Å². The van der Waals surface area contributed by atoms with E-state index in [-0.39, 0.29) is 5.91 Å². The summed E-state index contributed by atoms with van der Waals surface area (Å²) in [5.41, 5.74) is 7.96. The number of rotatable bonds is 6. The highest BCUT2D eigenvalue weighted by molar-refractivity contribution is 7.09. The standard InChI is InChI=1S/C17H22N4O2S/c18-6-5-16-20-15(12-24-16)17(22)19-14-3-1-13(2-4-14)11-21-7-9-23-10-8-21/h1-4,12H,5-11,18H2,(H,19,22). The number of carbonyl (C=O) groups is 1. The Kier molecular flexibility index (Phi) is 5.92. The first-order chi connectivity index (χ1) is 11.7. The van der Waals surface area contributed by atoms with Crippen LogP contribution in [0.15, 0.2) is 29.6 Å². The van der Waals surface area contributed by atoms with Crippen LogP contribution >= 0.6 is 11.3 Å². The maximum atomic E-state index is 12.2. The first kappa shape index (κ1) is 17.0. The molecule has 0 unspecified atom stereocenters. The molecule has 0 atom stereocenters. The van der Waals surface area contributed by atoms with E-state index >= 15 is 0 Å². The number of aromatic nitrogens is 1. The smallest absolute Gasteiger partial charge is 0.275 e. The minimum absolute atomic E-state index is 0.185. The number of hydrogen-bond donors (Lipinski definition) is 2. The molecule has 0 bridgehead atoms. The number of morpholine rings is 1. The van der Waals surface area contributed by atoms with Crippen molar-refractivity contribution in [3.63, 3.8) is 0 Å². The van der Waals surface area contributed by atoms with Crippen LogP contribution in [0.1, 0.15) is 21.1 Å². The van der Waals surface area contributed by atoms with Crippen LogP contribution in [0.4, 0.5) is 5.69 Å². The molecule has 1 aliphatic rings. The zero-order valence-corrected chi connectivity index (χ0v) is 14.3. The monoisotopic (exact) mass is 346 g/mol. The SMILES string of the molecule is NCCc1nc(C(=O)Nc2ccc(CN3CCOCC3)cc2)cs1. The minimum Gasteiger partial charge on any atom is -0.379 e. The number of anilines is 1. The van der Waals surface area contributed by atoms with Gasteiger partial charge in [-0.25, -0.2) is 4.98 Å². The molecular formula is C17H22N4O2S. The topological polar surface area (TPSA) is 80.5 Å². The number of benzene rings is 1. The van der Waals surface area contributed by atoms with Gasteiger partial charge in [0.1, 0.15) is 5.69 Å². The summed E-state index contributed by atoms with van der Waals surface area (Å²) in [5, 5.41) is 5.55. The lowest BCUT2D eigenvalue weighted by Crippen LogP contribution is -2.35. The zero-order chi connectivity index (χ0) is 16.8. The van der Waals surface area contributed by atoms with Crippen LogP contribution in [0.5, 0.6) is 0 Å². The average Bonchev–Trinajstić information content (AvgIpc) is 3.07. The van der Waals surface area contributed by atoms with E-state index in [1.807, 2.05) is 24.3 Å². The molecule has 1 saturated heterocycles. The van der Waals surface area contributed by atoms with Gasteiger partial charge in [-0.1, -0.05) is 12.1 Å². The first-order valence-electron chi connectivity index (χ1n) is 8.09. The van der Waals surface area contributed by atoms with Gasteiger partial charge in [0.15, 0.2) is 0 Å². The van der Waals surface area contributed by atoms with Crippen LogP contribution < -0.4 is 11.1 Å². The van der Waals surface area contributed by atoms with Crippen molar-refractivity contribution in [2.24, 2.45) is 5.73 Å². The predicted octanol–water partition coefficient (Wildman–Crippen LogP) is 1.73. The minimum atomic E-state index is -0.185. The van der Waals surface area contributed by atoms with Crippen molar-refractivity contribution in [3.05, 3.63) is 45.9 Å². The third-order valence-electron chi connectivity index (χ3n) is 3.86. The van der Waals surface area contributed by atoms with Gasteiger partial charge in [0.05, 0.1) is 18.2 Å². The van der Waals surface area contributed by atoms with E-state index in [1.54, 1.807) is 5.38 Å². The fourth-order valence-electron chi connectivity index (χ4n) is 2.56. The Labute approximate surface area is 145 Å². The van der Waals surface area contributed by atoms with Gasteiger partial charge in [-0.3, -0.25) is 9.69 Å². The first-order valence-corrected chi connectivity index (χ1v) is 8.97. The van der Waals surface area contributed by atoms with Crippen LogP contribution in [-0.2, 0) is 17.7 Å². The van der Waals surface area contributed by atoms with Crippen molar-refractivity contribution in [2.45, 2.75) is 13.0 Å². The molecule has 0 aliphatic carbocycles. The maximum Gasteiger partial charge on any atom is 0.275 e. The molecule has 0 saturated carbocycles. The molecule has 6 nitrogen and oxygen atoms in total. The number of hydrogen-bond acceptors (Lipinski definition) is 6. The second-order valence-corrected chi connectivity index (χ2v) is 6.65. The van der Waals surface area contributed by atoms with E-state index in [0.717, 1.165) is 43.5 Å². The Morgan fingerprint density at radius 1 is 1.29 bits per heavy atom. The summed E-state index contributed by atoms with van der Waals surface area (Å²) >= 11 is 1.47. The van der Waals surface area contributed by atoms with Crippen molar-refractivity contribution < 1.29 is 9.53 Å². The molecular weight excluding hydrogens is 324 g/mol. The Morgan fingerprint density at radius 3 is 2.75 bits per heavy atom. The van der Waals surface area contributed by atoms with Gasteiger partial charge in [0.2, 0.25) is 0 Å². The second-order valence-electron chi connectivity index (χ2n) is 5.70. The van der Waals surface area contributed by atoms with E-state index in [9.17, 15) is 4.79 Å². The van der Waals surface area contributed by atoms with E-state index < -0.39 is 0 Å². The molecule has 128 valence electrons. The number of thiazole rings is 1. The molecule has 2 aromatic rings. The lowest BCUT2D eigenvalue weighted by Gasteiger charge is -2.26. The Hall–Kier alpha value is -1.80. The molecule has 1 aliphatic heterocycles. The second kappa shape index (κ2) is 8.34. The summed E-state index contributed by atoms with van der Waals surface area (Å²) in [7, 11) is 0. The van der Waals surface area contributed by atoms with Crippen molar-refractivity contribution in [1.29, 1.82) is 0 Å². The molecule has 24 heavy (non-hydrogen) atoms. The average molecular weight is 346 g/mol. The predicted molar refractivity (Wildman–Crippen MR) is 95.4 cm³/mol. The van der Waals surface area contributed by atoms with Gasteiger partial charge in [0, 0.05) is 37.1 Å². The van der Waals surface area contributed by atoms with E-state index in [1.165, 1.54) is 16.9 Å². The maximum absolute atomic E-state index is 12.2. The number of nitrogens with two attached hydrogens (primary N) is 1. The zero-order valence-electron chi connectivity index (χ0n) is 13.5. The fraction of sp³-hybridized carbons (Fsp3) is 0.412. The third kappa shape index (κ3) is 4.61. The van der Waals surface area contributed by atoms with E-state index in [0.29, 0.717) is 18.7 Å². The quantitative estimate of drug-likeness (QED) is 0.833. The Balaban J connectivity index is 1.55. The van der Waals surface area contributed by atoms with Crippen molar-refractivity contribution in [3.8, 4) is 0 Å². The molecule has 3 N–H and O–H groups in total. The summed E-state index contributed by atoms with van der Waals surface area (Å²) in [5.74, 6) is -0.185. The van der Waals surface area contributed by atoms with Crippen molar-refractivity contribution >= 4 is 22.9 Å². The molecule has 1 aromatic heterocycles. The van der Waals surface area contributed by atoms with Crippen LogP contribution in [0.3, 0.4) is 0 Å². The molecule has 2 heterocycles. The highest BCUT2D eigenvalue weighted by Gasteiger charge is 2.12. The molecule has 0 radical (unpaired) electrons. The van der Waals surface area contributed by atoms with Gasteiger partial charge in [-0.05, 0) is 24.2 Å². The van der Waals surface area contributed by atoms with E-state index in [4.69, 9.17) is 10.5 Å². The van der Waals surface area contributed by atoms with Gasteiger partial charge in [-0.15, -0.1) is 11.3 Å². The van der Waals surface area contributed by atoms with Gasteiger partial charge in [-0.2, -0.15) is 0 Å². The van der Waals surface area contributed by atoms with Crippen molar-refractivity contribution in [1.82, 2.24) is 9.88 Å². The highest BCUT2D eigenvalue weighted by atomic mass is 32.1. The number of nitrogens with one attached hydrogen (secondary N) is 1. The molecule has 1 aromatic carbocycles. The highest BCUT2D eigenvalue weighted by Crippen LogP contribution is 2.15. The molecule has 7 heteroatoms. The summed E-state index contributed by atoms with van der Waals surface area (Å²) in [6, 6.07) is 7.96. The molecule has 1 fully saturated rings. The fourth-order valence-corrected chi connectivity index (χ4v) is 3.35. The van der Waals surface area contributed by atoms with Crippen LogP contribution in [-0.4, -0.2) is 48.6 Å². The molecule has 0 spiro atoms. The largest absolute Gasteiger partial charge is 0.379 e. The normalized spacial score (nSPS) is 15.4. The summed E-state index contributed by atoms with van der Waals surface area (Å²) < 4.78 is 5.36. The van der Waals surface area contributed by atoms with Crippen molar-refractivity contribution in [2.75, 3.05) is 38.2 Å². The molecule has 3 rings (SSSR count). The van der Waals surface area contributed by atoms with Gasteiger partial charge >= 0.3 is 0 Å². The third-order valence-corrected chi connectivity index (χ3v) is 4.77. The number of ether oxygens (including phenoxy) is 1. The lowest BCUT2D eigenvalue weighted by molar-refractivity contribution is 0.0342. The van der Waals surface area contributed by atoms with Crippen LogP contribution in [0, 0.1) is 0 Å². The summed E-state index contributed by atoms with van der Waals surface area (Å²) in [4.78, 5) is 18.9. The van der Waals surface area contributed by atoms with Gasteiger partial charge < -0.3 is 15.8 Å². The number of nitrogens with zero attached hydrogens (tertiary/aromatic N) is 2. The Bertz CT molecular complexity index is 665. The van der Waals surface area contributed by atoms with E-state index in [2.05, 4.69) is 15.2 Å². The lowest BCUT2D eigenvalue weighted by atomic mass is 10.2. The Morgan fingerprint density at radius 2 is 2.04 bits per heavy atom. The molecule has 1 amide bonds. The number of amides is 1. The number of carbonyl (C=O) groups excluding carboxylic acids is 1. The van der Waals surface area contributed by atoms with Crippen LogP contribution in [0.2, 0.25) is 0 Å². The van der Waals surface area contributed by atoms with Gasteiger partial charge in [0.25, 0.3) is 5.91 Å².